The summed E-state index contributed by atoms with van der Waals surface area (Å²) in [7, 11) is 0. The zero-order valence-electron chi connectivity index (χ0n) is 8.73. The van der Waals surface area contributed by atoms with Crippen LogP contribution in [0.1, 0.15) is 24.5 Å². The van der Waals surface area contributed by atoms with Crippen molar-refractivity contribution >= 4 is 5.82 Å². The standard InChI is InChI=1S/C10H13N5/c1-7-4-3-5-9(13-7)14-8(2)10-11-6-12-15-10/h3-6,8H,1-2H3,(H,13,14)(H,11,12,15). The van der Waals surface area contributed by atoms with Gasteiger partial charge >= 0.3 is 0 Å². The fourth-order valence-electron chi connectivity index (χ4n) is 1.34. The number of pyridine rings is 1. The van der Waals surface area contributed by atoms with Crippen LogP contribution >= 0.6 is 0 Å². The molecule has 0 aliphatic rings. The van der Waals surface area contributed by atoms with Crippen LogP contribution in [0.3, 0.4) is 0 Å². The van der Waals surface area contributed by atoms with Gasteiger partial charge in [0.05, 0.1) is 6.04 Å². The quantitative estimate of drug-likeness (QED) is 0.796. The van der Waals surface area contributed by atoms with Crippen LogP contribution < -0.4 is 5.32 Å². The third-order valence-corrected chi connectivity index (χ3v) is 2.10. The largest absolute Gasteiger partial charge is 0.360 e. The number of rotatable bonds is 3. The minimum absolute atomic E-state index is 0.0711. The molecule has 5 nitrogen and oxygen atoms in total. The van der Waals surface area contributed by atoms with E-state index >= 15 is 0 Å². The Morgan fingerprint density at radius 1 is 1.40 bits per heavy atom. The predicted molar refractivity (Wildman–Crippen MR) is 57.4 cm³/mol. The first-order chi connectivity index (χ1) is 7.25. The molecule has 2 N–H and O–H groups in total. The highest BCUT2D eigenvalue weighted by molar-refractivity contribution is 5.36. The fourth-order valence-corrected chi connectivity index (χ4v) is 1.34. The van der Waals surface area contributed by atoms with E-state index in [-0.39, 0.29) is 6.04 Å². The van der Waals surface area contributed by atoms with Crippen LogP contribution in [-0.4, -0.2) is 20.2 Å². The summed E-state index contributed by atoms with van der Waals surface area (Å²) in [5.74, 6) is 1.65. The zero-order valence-corrected chi connectivity index (χ0v) is 8.73. The van der Waals surface area contributed by atoms with Crippen molar-refractivity contribution in [2.75, 3.05) is 5.32 Å². The Morgan fingerprint density at radius 2 is 2.27 bits per heavy atom. The van der Waals surface area contributed by atoms with Crippen LogP contribution in [0.5, 0.6) is 0 Å². The van der Waals surface area contributed by atoms with Crippen molar-refractivity contribution in [2.45, 2.75) is 19.9 Å². The van der Waals surface area contributed by atoms with E-state index in [1.807, 2.05) is 32.0 Å². The van der Waals surface area contributed by atoms with E-state index in [1.54, 1.807) is 0 Å². The van der Waals surface area contributed by atoms with Gasteiger partial charge in [0.1, 0.15) is 18.0 Å². The first kappa shape index (κ1) is 9.64. The van der Waals surface area contributed by atoms with Crippen LogP contribution in [0.25, 0.3) is 0 Å². The van der Waals surface area contributed by atoms with Gasteiger partial charge in [-0.3, -0.25) is 5.10 Å². The molecule has 0 bridgehead atoms. The summed E-state index contributed by atoms with van der Waals surface area (Å²) in [5.41, 5.74) is 0.991. The van der Waals surface area contributed by atoms with Crippen molar-refractivity contribution in [1.29, 1.82) is 0 Å². The average Bonchev–Trinajstić information content (AvgIpc) is 2.70. The molecule has 78 valence electrons. The molecule has 0 spiro atoms. The zero-order chi connectivity index (χ0) is 10.7. The summed E-state index contributed by atoms with van der Waals surface area (Å²) in [6.45, 7) is 3.97. The molecular weight excluding hydrogens is 190 g/mol. The average molecular weight is 203 g/mol. The van der Waals surface area contributed by atoms with Gasteiger partial charge in [0.25, 0.3) is 0 Å². The second-order valence-corrected chi connectivity index (χ2v) is 3.40. The highest BCUT2D eigenvalue weighted by Crippen LogP contribution is 2.13. The molecule has 2 aromatic rings. The van der Waals surface area contributed by atoms with Crippen LogP contribution in [0.15, 0.2) is 24.5 Å². The van der Waals surface area contributed by atoms with Crippen LogP contribution in [0, 0.1) is 6.92 Å². The summed E-state index contributed by atoms with van der Waals surface area (Å²) in [5, 5.41) is 9.87. The normalized spacial score (nSPS) is 12.4. The summed E-state index contributed by atoms with van der Waals surface area (Å²) >= 11 is 0. The number of aromatic nitrogens is 4. The molecule has 15 heavy (non-hydrogen) atoms. The van der Waals surface area contributed by atoms with Gasteiger partial charge in [-0.1, -0.05) is 6.07 Å². The van der Waals surface area contributed by atoms with Crippen molar-refractivity contribution in [2.24, 2.45) is 0 Å². The van der Waals surface area contributed by atoms with Crippen molar-refractivity contribution in [3.63, 3.8) is 0 Å². The van der Waals surface area contributed by atoms with E-state index in [1.165, 1.54) is 6.33 Å². The van der Waals surface area contributed by atoms with Gasteiger partial charge in [0.15, 0.2) is 0 Å². The maximum Gasteiger partial charge on any atom is 0.146 e. The molecule has 5 heteroatoms. The number of hydrogen-bond donors (Lipinski definition) is 2. The Hall–Kier alpha value is -1.91. The van der Waals surface area contributed by atoms with Gasteiger partial charge in [-0.15, -0.1) is 0 Å². The molecule has 0 saturated carbocycles. The summed E-state index contributed by atoms with van der Waals surface area (Å²) < 4.78 is 0. The maximum absolute atomic E-state index is 4.35. The van der Waals surface area contributed by atoms with E-state index in [4.69, 9.17) is 0 Å². The number of aromatic amines is 1. The molecule has 0 aliphatic heterocycles. The first-order valence-corrected chi connectivity index (χ1v) is 4.81. The molecule has 2 aromatic heterocycles. The van der Waals surface area contributed by atoms with Crippen molar-refractivity contribution in [1.82, 2.24) is 20.2 Å². The molecule has 0 fully saturated rings. The third kappa shape index (κ3) is 2.31. The smallest absolute Gasteiger partial charge is 0.146 e. The van der Waals surface area contributed by atoms with Crippen LogP contribution in [0.4, 0.5) is 5.82 Å². The topological polar surface area (TPSA) is 66.5 Å². The minimum Gasteiger partial charge on any atom is -0.360 e. The minimum atomic E-state index is 0.0711. The van der Waals surface area contributed by atoms with Crippen LogP contribution in [0.2, 0.25) is 0 Å². The monoisotopic (exact) mass is 203 g/mol. The molecule has 1 unspecified atom stereocenters. The highest BCUT2D eigenvalue weighted by Gasteiger charge is 2.07. The van der Waals surface area contributed by atoms with Crippen molar-refractivity contribution in [3.05, 3.63) is 36.0 Å². The summed E-state index contributed by atoms with van der Waals surface area (Å²) in [6, 6.07) is 5.93. The van der Waals surface area contributed by atoms with Gasteiger partial charge in [-0.05, 0) is 26.0 Å². The number of aryl methyl sites for hydroxylation is 1. The van der Waals surface area contributed by atoms with Crippen molar-refractivity contribution < 1.29 is 0 Å². The van der Waals surface area contributed by atoms with Gasteiger partial charge < -0.3 is 5.32 Å². The molecule has 2 rings (SSSR count). The lowest BCUT2D eigenvalue weighted by atomic mass is 10.3. The molecule has 1 atom stereocenters. The second kappa shape index (κ2) is 4.08. The molecule has 0 saturated heterocycles. The first-order valence-electron chi connectivity index (χ1n) is 4.81. The summed E-state index contributed by atoms with van der Waals surface area (Å²) in [4.78, 5) is 8.43. The Morgan fingerprint density at radius 3 is 2.93 bits per heavy atom. The van der Waals surface area contributed by atoms with Crippen LogP contribution in [-0.2, 0) is 0 Å². The van der Waals surface area contributed by atoms with Crippen molar-refractivity contribution in [3.8, 4) is 0 Å². The second-order valence-electron chi connectivity index (χ2n) is 3.40. The number of nitrogens with zero attached hydrogens (tertiary/aromatic N) is 3. The van der Waals surface area contributed by atoms with E-state index in [0.29, 0.717) is 0 Å². The maximum atomic E-state index is 4.35. The van der Waals surface area contributed by atoms with Gasteiger partial charge in [-0.2, -0.15) is 5.10 Å². The van der Waals surface area contributed by atoms with E-state index in [9.17, 15) is 0 Å². The molecule has 0 aliphatic carbocycles. The number of hydrogen-bond acceptors (Lipinski definition) is 4. The number of nitrogens with one attached hydrogen (secondary N) is 2. The SMILES string of the molecule is Cc1cccc(NC(C)c2ncn[nH]2)n1. The Labute approximate surface area is 88.0 Å². The molecule has 2 heterocycles. The molecular formula is C10H13N5. The third-order valence-electron chi connectivity index (χ3n) is 2.10. The molecule has 0 aromatic carbocycles. The fraction of sp³-hybridized carbons (Fsp3) is 0.300. The lowest BCUT2D eigenvalue weighted by Crippen LogP contribution is -2.09. The van der Waals surface area contributed by atoms with Gasteiger partial charge in [0.2, 0.25) is 0 Å². The van der Waals surface area contributed by atoms with Gasteiger partial charge in [0, 0.05) is 5.69 Å². The van der Waals surface area contributed by atoms with Gasteiger partial charge in [-0.25, -0.2) is 9.97 Å². The molecule has 0 radical (unpaired) electrons. The highest BCUT2D eigenvalue weighted by atomic mass is 15.2. The number of anilines is 1. The summed E-state index contributed by atoms with van der Waals surface area (Å²) in [6.07, 6.45) is 1.50. The molecule has 0 amide bonds. The van der Waals surface area contributed by atoms with E-state index in [0.717, 1.165) is 17.3 Å². The Kier molecular flexibility index (Phi) is 2.62. The van der Waals surface area contributed by atoms with E-state index < -0.39 is 0 Å². The lowest BCUT2D eigenvalue weighted by Gasteiger charge is -2.11. The Bertz CT molecular complexity index is 423. The lowest BCUT2D eigenvalue weighted by molar-refractivity contribution is 0.789. The van der Waals surface area contributed by atoms with E-state index in [2.05, 4.69) is 25.5 Å². The number of H-pyrrole nitrogens is 1. The Balaban J connectivity index is 2.09. The predicted octanol–water partition coefficient (Wildman–Crippen LogP) is 1.68.